The second-order valence-corrected chi connectivity index (χ2v) is 8.38. The molecule has 2 heterocycles. The number of thioether (sulfide) groups is 1. The van der Waals surface area contributed by atoms with Gasteiger partial charge in [-0.1, -0.05) is 48.2 Å². The molecule has 0 N–H and O–H groups in total. The topological polar surface area (TPSA) is 46.1 Å². The predicted molar refractivity (Wildman–Crippen MR) is 109 cm³/mol. The molecule has 2 aliphatic rings. The lowest BCUT2D eigenvalue weighted by Crippen LogP contribution is -2.37. The Kier molecular flexibility index (Phi) is 4.12. The molecule has 4 nitrogen and oxygen atoms in total. The van der Waals surface area contributed by atoms with E-state index in [1.807, 2.05) is 47.4 Å². The van der Waals surface area contributed by atoms with Crippen LogP contribution in [0.3, 0.4) is 0 Å². The summed E-state index contributed by atoms with van der Waals surface area (Å²) in [4.78, 5) is 24.5. The lowest BCUT2D eigenvalue weighted by atomic mass is 10.1. The number of carbonyl (C=O) groups is 1. The summed E-state index contributed by atoms with van der Waals surface area (Å²) in [6.07, 6.45) is 3.27. The van der Waals surface area contributed by atoms with Gasteiger partial charge in [-0.25, -0.2) is 9.97 Å². The van der Waals surface area contributed by atoms with Crippen LogP contribution >= 0.6 is 11.8 Å². The van der Waals surface area contributed by atoms with Crippen molar-refractivity contribution in [1.29, 1.82) is 0 Å². The van der Waals surface area contributed by atoms with Crippen molar-refractivity contribution < 1.29 is 4.79 Å². The molecule has 0 saturated heterocycles. The van der Waals surface area contributed by atoms with Gasteiger partial charge in [-0.3, -0.25) is 4.79 Å². The molecular formula is C22H21N3OS. The number of hydrogen-bond acceptors (Lipinski definition) is 4. The Labute approximate surface area is 163 Å². The molecule has 1 unspecified atom stereocenters. The van der Waals surface area contributed by atoms with E-state index in [-0.39, 0.29) is 11.9 Å². The highest BCUT2D eigenvalue weighted by molar-refractivity contribution is 8.00. The zero-order valence-corrected chi connectivity index (χ0v) is 16.1. The average Bonchev–Trinajstić information content (AvgIpc) is 3.48. The summed E-state index contributed by atoms with van der Waals surface area (Å²) in [5.41, 5.74) is 3.29. The molecule has 0 radical (unpaired) electrons. The Hall–Kier alpha value is -2.40. The predicted octanol–water partition coefficient (Wildman–Crippen LogP) is 4.58. The van der Waals surface area contributed by atoms with Crippen molar-refractivity contribution in [2.24, 2.45) is 0 Å². The second-order valence-electron chi connectivity index (χ2n) is 7.41. The molecule has 27 heavy (non-hydrogen) atoms. The third-order valence-corrected chi connectivity index (χ3v) is 6.31. The first-order chi connectivity index (χ1) is 13.2. The number of aromatic nitrogens is 2. The van der Waals surface area contributed by atoms with Gasteiger partial charge in [-0.05, 0) is 43.9 Å². The number of nitrogens with zero attached hydrogens (tertiary/aromatic N) is 3. The zero-order valence-electron chi connectivity index (χ0n) is 15.3. The summed E-state index contributed by atoms with van der Waals surface area (Å²) in [7, 11) is 0. The fourth-order valence-electron chi connectivity index (χ4n) is 3.84. The first-order valence-electron chi connectivity index (χ1n) is 9.50. The Balaban J connectivity index is 1.41. The highest BCUT2D eigenvalue weighted by Crippen LogP contribution is 2.40. The lowest BCUT2D eigenvalue weighted by molar-refractivity contribution is -0.116. The van der Waals surface area contributed by atoms with Crippen molar-refractivity contribution >= 4 is 34.3 Å². The number of rotatable bonds is 4. The van der Waals surface area contributed by atoms with Crippen LogP contribution in [0.15, 0.2) is 53.6 Å². The van der Waals surface area contributed by atoms with Gasteiger partial charge in [-0.2, -0.15) is 0 Å². The molecule has 1 atom stereocenters. The number of para-hydroxylation sites is 2. The average molecular weight is 375 g/mol. The third kappa shape index (κ3) is 3.10. The van der Waals surface area contributed by atoms with E-state index in [9.17, 15) is 4.79 Å². The highest BCUT2D eigenvalue weighted by atomic mass is 32.2. The standard InChI is InChI=1S/C22H21N3OS/c1-14-12-16-6-2-5-9-19(16)25(14)20(26)13-27-22-17-7-3-4-8-18(17)23-21(24-22)15-10-11-15/h2-9,14-15H,10-13H2,1H3. The number of hydrogen-bond donors (Lipinski definition) is 0. The van der Waals surface area contributed by atoms with Crippen LogP contribution in [0.2, 0.25) is 0 Å². The van der Waals surface area contributed by atoms with Gasteiger partial charge < -0.3 is 4.90 Å². The Morgan fingerprint density at radius 1 is 1.11 bits per heavy atom. The summed E-state index contributed by atoms with van der Waals surface area (Å²) in [6, 6.07) is 16.5. The van der Waals surface area contributed by atoms with Gasteiger partial charge in [0.05, 0.1) is 11.3 Å². The number of anilines is 1. The lowest BCUT2D eigenvalue weighted by Gasteiger charge is -2.22. The van der Waals surface area contributed by atoms with E-state index in [0.29, 0.717) is 11.7 Å². The van der Waals surface area contributed by atoms with Gasteiger partial charge in [0.25, 0.3) is 0 Å². The normalized spacial score (nSPS) is 18.7. The minimum Gasteiger partial charge on any atom is -0.308 e. The van der Waals surface area contributed by atoms with Crippen LogP contribution in [0.25, 0.3) is 10.9 Å². The van der Waals surface area contributed by atoms with E-state index in [1.165, 1.54) is 30.2 Å². The molecule has 2 aromatic carbocycles. The molecule has 1 fully saturated rings. The zero-order chi connectivity index (χ0) is 18.4. The van der Waals surface area contributed by atoms with Crippen molar-refractivity contribution in [2.45, 2.75) is 43.2 Å². The van der Waals surface area contributed by atoms with Gasteiger partial charge in [0, 0.05) is 23.0 Å². The molecule has 1 aliphatic carbocycles. The molecule has 1 aromatic heterocycles. The SMILES string of the molecule is CC1Cc2ccccc2N1C(=O)CSc1nc(C2CC2)nc2ccccc12. The molecule has 1 amide bonds. The Morgan fingerprint density at radius 2 is 1.89 bits per heavy atom. The van der Waals surface area contributed by atoms with E-state index >= 15 is 0 Å². The molecule has 1 saturated carbocycles. The van der Waals surface area contributed by atoms with Crippen molar-refractivity contribution in [3.63, 3.8) is 0 Å². The van der Waals surface area contributed by atoms with Crippen LogP contribution in [0.4, 0.5) is 5.69 Å². The van der Waals surface area contributed by atoms with Crippen LogP contribution in [0.5, 0.6) is 0 Å². The van der Waals surface area contributed by atoms with Crippen molar-refractivity contribution in [1.82, 2.24) is 9.97 Å². The molecule has 1 aliphatic heterocycles. The van der Waals surface area contributed by atoms with Crippen LogP contribution in [-0.2, 0) is 11.2 Å². The Bertz CT molecular complexity index is 1030. The first kappa shape index (κ1) is 16.8. The number of fused-ring (bicyclic) bond motifs is 2. The third-order valence-electron chi connectivity index (χ3n) is 5.34. The molecule has 136 valence electrons. The van der Waals surface area contributed by atoms with Crippen LogP contribution < -0.4 is 4.90 Å². The highest BCUT2D eigenvalue weighted by Gasteiger charge is 2.31. The first-order valence-corrected chi connectivity index (χ1v) is 10.5. The van der Waals surface area contributed by atoms with Gasteiger partial charge in [0.15, 0.2) is 0 Å². The van der Waals surface area contributed by atoms with E-state index in [1.54, 1.807) is 0 Å². The van der Waals surface area contributed by atoms with Gasteiger partial charge in [0.1, 0.15) is 10.9 Å². The van der Waals surface area contributed by atoms with Crippen molar-refractivity contribution in [3.8, 4) is 0 Å². The Morgan fingerprint density at radius 3 is 2.74 bits per heavy atom. The molecule has 0 bridgehead atoms. The molecule has 0 spiro atoms. The van der Waals surface area contributed by atoms with Crippen LogP contribution in [-0.4, -0.2) is 27.7 Å². The maximum Gasteiger partial charge on any atom is 0.237 e. The number of amides is 1. The van der Waals surface area contributed by atoms with E-state index in [0.717, 1.165) is 33.9 Å². The summed E-state index contributed by atoms with van der Waals surface area (Å²) < 4.78 is 0. The summed E-state index contributed by atoms with van der Waals surface area (Å²) in [6.45, 7) is 2.12. The smallest absolute Gasteiger partial charge is 0.237 e. The fourth-order valence-corrected chi connectivity index (χ4v) is 4.73. The monoisotopic (exact) mass is 375 g/mol. The summed E-state index contributed by atoms with van der Waals surface area (Å²) in [5.74, 6) is 1.97. The second kappa shape index (κ2) is 6.64. The van der Waals surface area contributed by atoms with E-state index in [2.05, 4.69) is 13.0 Å². The van der Waals surface area contributed by atoms with Gasteiger partial charge >= 0.3 is 0 Å². The van der Waals surface area contributed by atoms with Gasteiger partial charge in [-0.15, -0.1) is 0 Å². The minimum atomic E-state index is 0.146. The van der Waals surface area contributed by atoms with Gasteiger partial charge in [0.2, 0.25) is 5.91 Å². The van der Waals surface area contributed by atoms with Crippen molar-refractivity contribution in [2.75, 3.05) is 10.7 Å². The largest absolute Gasteiger partial charge is 0.308 e. The number of benzene rings is 2. The summed E-state index contributed by atoms with van der Waals surface area (Å²) in [5, 5.41) is 1.96. The van der Waals surface area contributed by atoms with E-state index in [4.69, 9.17) is 9.97 Å². The molecule has 5 heteroatoms. The maximum absolute atomic E-state index is 13.0. The minimum absolute atomic E-state index is 0.146. The number of carbonyl (C=O) groups excluding carboxylic acids is 1. The fraction of sp³-hybridized carbons (Fsp3) is 0.318. The quantitative estimate of drug-likeness (QED) is 0.495. The maximum atomic E-state index is 13.0. The van der Waals surface area contributed by atoms with Crippen molar-refractivity contribution in [3.05, 3.63) is 59.9 Å². The van der Waals surface area contributed by atoms with Crippen LogP contribution in [0.1, 0.15) is 37.1 Å². The molecule has 3 aromatic rings. The molecule has 5 rings (SSSR count). The van der Waals surface area contributed by atoms with E-state index < -0.39 is 0 Å². The van der Waals surface area contributed by atoms with Crippen LogP contribution in [0, 0.1) is 0 Å². The summed E-state index contributed by atoms with van der Waals surface area (Å²) >= 11 is 1.54. The molecular weight excluding hydrogens is 354 g/mol.